The van der Waals surface area contributed by atoms with Crippen LogP contribution < -0.4 is 5.32 Å². The van der Waals surface area contributed by atoms with E-state index in [0.29, 0.717) is 12.0 Å². The summed E-state index contributed by atoms with van der Waals surface area (Å²) in [5, 5.41) is 7.92. The number of carbonyl (C=O) groups is 1. The Bertz CT molecular complexity index is 991. The van der Waals surface area contributed by atoms with Gasteiger partial charge in [-0.15, -0.1) is 0 Å². The molecule has 4 rings (SSSR count). The van der Waals surface area contributed by atoms with Gasteiger partial charge in [0.05, 0.1) is 12.1 Å². The van der Waals surface area contributed by atoms with Crippen LogP contribution in [0.15, 0.2) is 30.3 Å². The van der Waals surface area contributed by atoms with E-state index in [2.05, 4.69) is 40.7 Å². The van der Waals surface area contributed by atoms with Crippen LogP contribution in [-0.4, -0.2) is 50.6 Å². The third-order valence-corrected chi connectivity index (χ3v) is 7.93. The van der Waals surface area contributed by atoms with E-state index in [1.165, 1.54) is 0 Å². The molecular weight excluding hydrogens is 460 g/mol. The van der Waals surface area contributed by atoms with Crippen molar-refractivity contribution in [3.8, 4) is 0 Å². The third kappa shape index (κ3) is 6.50. The lowest BCUT2D eigenvalue weighted by Gasteiger charge is -2.38. The van der Waals surface area contributed by atoms with Gasteiger partial charge in [-0.05, 0) is 51.5 Å². The Morgan fingerprint density at radius 1 is 1.08 bits per heavy atom. The highest BCUT2D eigenvalue weighted by Gasteiger charge is 2.38. The van der Waals surface area contributed by atoms with Crippen molar-refractivity contribution in [1.82, 2.24) is 25.0 Å². The van der Waals surface area contributed by atoms with Crippen LogP contribution in [-0.2, 0) is 4.79 Å². The molecular formula is C28H41F2N5O. The van der Waals surface area contributed by atoms with E-state index < -0.39 is 5.92 Å². The number of hydrogen-bond donors (Lipinski definition) is 1. The molecule has 1 N–H and O–H groups in total. The lowest BCUT2D eigenvalue weighted by molar-refractivity contribution is -0.130. The Morgan fingerprint density at radius 3 is 2.33 bits per heavy atom. The normalized spacial score (nSPS) is 21.4. The maximum Gasteiger partial charge on any atom is 0.248 e. The summed E-state index contributed by atoms with van der Waals surface area (Å²) < 4.78 is 29.3. The molecule has 1 saturated carbocycles. The van der Waals surface area contributed by atoms with Crippen LogP contribution in [0.5, 0.6) is 0 Å². The maximum absolute atomic E-state index is 13.6. The average Bonchev–Trinajstić information content (AvgIpc) is 3.26. The van der Waals surface area contributed by atoms with Gasteiger partial charge >= 0.3 is 0 Å². The Morgan fingerprint density at radius 2 is 1.72 bits per heavy atom. The Kier molecular flexibility index (Phi) is 8.43. The summed E-state index contributed by atoms with van der Waals surface area (Å²) in [4.78, 5) is 20.2. The summed E-state index contributed by atoms with van der Waals surface area (Å²) in [7, 11) is 0. The Labute approximate surface area is 213 Å². The molecule has 1 aromatic carbocycles. The summed E-state index contributed by atoms with van der Waals surface area (Å²) in [5.74, 6) is -0.814. The molecule has 0 radical (unpaired) electrons. The lowest BCUT2D eigenvalue weighted by atomic mass is 9.85. The monoisotopic (exact) mass is 501 g/mol. The van der Waals surface area contributed by atoms with Crippen LogP contribution in [0.25, 0.3) is 0 Å². The standard InChI is InChI=1S/C28H41F2N5O/c1-19(2)26-31-21(4)33-35(26)24-12-16-34(17-13-24)20(3)18-25(22-8-6-5-7-9-22)32-27(36)23-10-14-28(29,30)15-11-23/h5-9,19-20,23-25H,10-18H2,1-4H3,(H,32,36). The fourth-order valence-corrected chi connectivity index (χ4v) is 5.73. The van der Waals surface area contributed by atoms with E-state index in [1.807, 2.05) is 37.3 Å². The highest BCUT2D eigenvalue weighted by molar-refractivity contribution is 5.79. The molecule has 2 fully saturated rings. The first kappa shape index (κ1) is 26.7. The van der Waals surface area contributed by atoms with Crippen molar-refractivity contribution in [2.24, 2.45) is 5.92 Å². The summed E-state index contributed by atoms with van der Waals surface area (Å²) in [6.45, 7) is 10.4. The zero-order valence-corrected chi connectivity index (χ0v) is 22.1. The molecule has 0 bridgehead atoms. The van der Waals surface area contributed by atoms with Crippen molar-refractivity contribution in [2.45, 2.75) is 103 Å². The number of nitrogens with one attached hydrogen (secondary N) is 1. The fraction of sp³-hybridized carbons (Fsp3) is 0.679. The second-order valence-corrected chi connectivity index (χ2v) is 11.1. The van der Waals surface area contributed by atoms with Gasteiger partial charge in [0.2, 0.25) is 11.8 Å². The minimum Gasteiger partial charge on any atom is -0.349 e. The molecule has 36 heavy (non-hydrogen) atoms. The van der Waals surface area contributed by atoms with Gasteiger partial charge in [-0.3, -0.25) is 4.79 Å². The van der Waals surface area contributed by atoms with Crippen LogP contribution in [0.2, 0.25) is 0 Å². The quantitative estimate of drug-likeness (QED) is 0.496. The second kappa shape index (κ2) is 11.4. The van der Waals surface area contributed by atoms with Gasteiger partial charge < -0.3 is 10.2 Å². The van der Waals surface area contributed by atoms with E-state index in [1.54, 1.807) is 0 Å². The van der Waals surface area contributed by atoms with E-state index >= 15 is 0 Å². The van der Waals surface area contributed by atoms with Gasteiger partial charge in [0.25, 0.3) is 0 Å². The summed E-state index contributed by atoms with van der Waals surface area (Å²) in [6.07, 6.45) is 2.93. The maximum atomic E-state index is 13.6. The number of halogens is 2. The molecule has 2 heterocycles. The summed E-state index contributed by atoms with van der Waals surface area (Å²) >= 11 is 0. The molecule has 1 aliphatic heterocycles. The first-order valence-electron chi connectivity index (χ1n) is 13.5. The van der Waals surface area contributed by atoms with E-state index in [9.17, 15) is 13.6 Å². The molecule has 0 spiro atoms. The molecule has 6 nitrogen and oxygen atoms in total. The van der Waals surface area contributed by atoms with Crippen molar-refractivity contribution in [3.05, 3.63) is 47.5 Å². The van der Waals surface area contributed by atoms with Crippen LogP contribution in [0.1, 0.15) is 101 Å². The Hall–Kier alpha value is -2.35. The number of alkyl halides is 2. The second-order valence-electron chi connectivity index (χ2n) is 11.1. The fourth-order valence-electron chi connectivity index (χ4n) is 5.73. The molecule has 2 atom stereocenters. The zero-order chi connectivity index (χ0) is 25.9. The van der Waals surface area contributed by atoms with Crippen LogP contribution in [0.4, 0.5) is 8.78 Å². The molecule has 198 valence electrons. The van der Waals surface area contributed by atoms with Crippen LogP contribution >= 0.6 is 0 Å². The van der Waals surface area contributed by atoms with Crippen molar-refractivity contribution >= 4 is 5.91 Å². The zero-order valence-electron chi connectivity index (χ0n) is 22.1. The number of aryl methyl sites for hydroxylation is 1. The van der Waals surface area contributed by atoms with Gasteiger partial charge in [0.1, 0.15) is 11.6 Å². The first-order chi connectivity index (χ1) is 17.1. The van der Waals surface area contributed by atoms with Gasteiger partial charge in [0, 0.05) is 43.8 Å². The van der Waals surface area contributed by atoms with Gasteiger partial charge in [0.15, 0.2) is 0 Å². The predicted molar refractivity (Wildman–Crippen MR) is 137 cm³/mol. The summed E-state index contributed by atoms with van der Waals surface area (Å²) in [6, 6.07) is 10.5. The van der Waals surface area contributed by atoms with E-state index in [-0.39, 0.29) is 49.6 Å². The number of hydrogen-bond acceptors (Lipinski definition) is 4. The Balaban J connectivity index is 1.37. The van der Waals surface area contributed by atoms with Gasteiger partial charge in [-0.2, -0.15) is 5.10 Å². The molecule has 1 aromatic heterocycles. The van der Waals surface area contributed by atoms with Crippen molar-refractivity contribution in [2.75, 3.05) is 13.1 Å². The van der Waals surface area contributed by atoms with E-state index in [0.717, 1.165) is 49.6 Å². The summed E-state index contributed by atoms with van der Waals surface area (Å²) in [5.41, 5.74) is 1.06. The molecule has 8 heteroatoms. The number of aromatic nitrogens is 3. The number of nitrogens with zero attached hydrogens (tertiary/aromatic N) is 4. The molecule has 2 unspecified atom stereocenters. The molecule has 2 aromatic rings. The van der Waals surface area contributed by atoms with E-state index in [4.69, 9.17) is 5.10 Å². The third-order valence-electron chi connectivity index (χ3n) is 7.93. The number of carbonyl (C=O) groups excluding carboxylic acids is 1. The minimum absolute atomic E-state index is 0.0898. The predicted octanol–water partition coefficient (Wildman–Crippen LogP) is 5.81. The number of piperidine rings is 1. The number of rotatable bonds is 8. The number of likely N-dealkylation sites (tertiary alicyclic amines) is 1. The molecule has 1 amide bonds. The van der Waals surface area contributed by atoms with Crippen LogP contribution in [0.3, 0.4) is 0 Å². The van der Waals surface area contributed by atoms with Crippen molar-refractivity contribution < 1.29 is 13.6 Å². The largest absolute Gasteiger partial charge is 0.349 e. The van der Waals surface area contributed by atoms with Gasteiger partial charge in [-0.25, -0.2) is 18.4 Å². The smallest absolute Gasteiger partial charge is 0.248 e. The average molecular weight is 502 g/mol. The first-order valence-corrected chi connectivity index (χ1v) is 13.5. The van der Waals surface area contributed by atoms with Crippen molar-refractivity contribution in [1.29, 1.82) is 0 Å². The lowest BCUT2D eigenvalue weighted by Crippen LogP contribution is -2.44. The molecule has 1 aliphatic carbocycles. The number of amides is 1. The molecule has 2 aliphatic rings. The number of benzene rings is 1. The van der Waals surface area contributed by atoms with Crippen LogP contribution in [0, 0.1) is 12.8 Å². The highest BCUT2D eigenvalue weighted by atomic mass is 19.3. The van der Waals surface area contributed by atoms with Gasteiger partial charge in [-0.1, -0.05) is 44.2 Å². The topological polar surface area (TPSA) is 63.1 Å². The highest BCUT2D eigenvalue weighted by Crippen LogP contribution is 2.37. The molecule has 1 saturated heterocycles. The minimum atomic E-state index is -2.63. The SMILES string of the molecule is Cc1nc(C(C)C)n(C2CCN(C(C)CC(NC(=O)C3CCC(F)(F)CC3)c3ccccc3)CC2)n1. The van der Waals surface area contributed by atoms with Crippen molar-refractivity contribution in [3.63, 3.8) is 0 Å².